The van der Waals surface area contributed by atoms with Gasteiger partial charge in [0, 0.05) is 12.5 Å². The number of ether oxygens (including phenoxy) is 1. The first kappa shape index (κ1) is 10.3. The van der Waals surface area contributed by atoms with Gasteiger partial charge in [-0.1, -0.05) is 18.2 Å². The summed E-state index contributed by atoms with van der Waals surface area (Å²) in [4.78, 5) is 0. The van der Waals surface area contributed by atoms with Crippen LogP contribution in [0, 0.1) is 0 Å². The van der Waals surface area contributed by atoms with E-state index in [4.69, 9.17) is 4.74 Å². The quantitative estimate of drug-likeness (QED) is 0.789. The lowest BCUT2D eigenvalue weighted by Gasteiger charge is -2.06. The minimum Gasteiger partial charge on any atom is -0.493 e. The van der Waals surface area contributed by atoms with Gasteiger partial charge in [-0.25, -0.2) is 0 Å². The summed E-state index contributed by atoms with van der Waals surface area (Å²) in [6.07, 6.45) is 5.15. The van der Waals surface area contributed by atoms with Gasteiger partial charge in [0.2, 0.25) is 0 Å². The molecule has 1 aliphatic carbocycles. The average Bonchev–Trinajstić information content (AvgIpc) is 3.11. The second-order valence-electron chi connectivity index (χ2n) is 4.30. The van der Waals surface area contributed by atoms with E-state index < -0.39 is 0 Å². The van der Waals surface area contributed by atoms with Crippen molar-refractivity contribution in [1.29, 1.82) is 0 Å². The predicted octanol–water partition coefficient (Wildman–Crippen LogP) is 2.23. The van der Waals surface area contributed by atoms with E-state index >= 15 is 0 Å². The van der Waals surface area contributed by atoms with Gasteiger partial charge in [-0.3, -0.25) is 0 Å². The highest BCUT2D eigenvalue weighted by Gasteiger charge is 2.25. The summed E-state index contributed by atoms with van der Waals surface area (Å²) in [7, 11) is 0. The molecule has 1 aromatic carbocycles. The van der Waals surface area contributed by atoms with Crippen molar-refractivity contribution in [3.05, 3.63) is 42.5 Å². The first-order valence-electron chi connectivity index (χ1n) is 6.00. The molecule has 0 unspecified atom stereocenters. The second-order valence-corrected chi connectivity index (χ2v) is 4.30. The molecular formula is C13H15N3O. The standard InChI is InChI=1S/C13H15N3O/c1-2-4-12(5-3-1)17-9-8-13-15-14-10-16(13)11-6-7-11/h1-5,10-11H,6-9H2. The molecule has 0 radical (unpaired) electrons. The fraction of sp³-hybridized carbons (Fsp3) is 0.385. The lowest BCUT2D eigenvalue weighted by atomic mass is 10.3. The molecule has 4 nitrogen and oxygen atoms in total. The molecule has 1 aromatic heterocycles. The van der Waals surface area contributed by atoms with E-state index in [-0.39, 0.29) is 0 Å². The molecule has 0 saturated heterocycles. The number of nitrogens with zero attached hydrogens (tertiary/aromatic N) is 3. The smallest absolute Gasteiger partial charge is 0.136 e. The minimum atomic E-state index is 0.636. The van der Waals surface area contributed by atoms with Crippen LogP contribution < -0.4 is 4.74 Å². The Morgan fingerprint density at radius 1 is 1.24 bits per heavy atom. The number of para-hydroxylation sites is 1. The number of hydrogen-bond acceptors (Lipinski definition) is 3. The number of rotatable bonds is 5. The lowest BCUT2D eigenvalue weighted by molar-refractivity contribution is 0.316. The van der Waals surface area contributed by atoms with E-state index in [1.807, 2.05) is 36.7 Å². The molecule has 1 fully saturated rings. The van der Waals surface area contributed by atoms with Gasteiger partial charge in [0.05, 0.1) is 6.61 Å². The van der Waals surface area contributed by atoms with E-state index in [0.717, 1.165) is 18.0 Å². The molecule has 1 saturated carbocycles. The zero-order valence-corrected chi connectivity index (χ0v) is 9.62. The van der Waals surface area contributed by atoms with Crippen LogP contribution in [0.5, 0.6) is 5.75 Å². The summed E-state index contributed by atoms with van der Waals surface area (Å²) >= 11 is 0. The van der Waals surface area contributed by atoms with E-state index in [9.17, 15) is 0 Å². The monoisotopic (exact) mass is 229 g/mol. The van der Waals surface area contributed by atoms with Crippen LogP contribution in [-0.4, -0.2) is 21.4 Å². The van der Waals surface area contributed by atoms with Crippen molar-refractivity contribution in [3.8, 4) is 5.75 Å². The van der Waals surface area contributed by atoms with Crippen LogP contribution in [0.3, 0.4) is 0 Å². The van der Waals surface area contributed by atoms with Crippen LogP contribution in [0.1, 0.15) is 24.7 Å². The molecule has 4 heteroatoms. The summed E-state index contributed by atoms with van der Waals surface area (Å²) in [5, 5.41) is 8.11. The van der Waals surface area contributed by atoms with Gasteiger partial charge in [0.25, 0.3) is 0 Å². The van der Waals surface area contributed by atoms with Gasteiger partial charge in [-0.2, -0.15) is 0 Å². The Morgan fingerprint density at radius 2 is 2.06 bits per heavy atom. The van der Waals surface area contributed by atoms with Crippen molar-refractivity contribution in [2.24, 2.45) is 0 Å². The highest BCUT2D eigenvalue weighted by molar-refractivity contribution is 5.20. The van der Waals surface area contributed by atoms with E-state index in [1.54, 1.807) is 0 Å². The fourth-order valence-electron chi connectivity index (χ4n) is 1.88. The second kappa shape index (κ2) is 4.57. The largest absolute Gasteiger partial charge is 0.493 e. The van der Waals surface area contributed by atoms with Crippen molar-refractivity contribution in [2.45, 2.75) is 25.3 Å². The van der Waals surface area contributed by atoms with E-state index in [1.165, 1.54) is 12.8 Å². The molecule has 1 aliphatic rings. The van der Waals surface area contributed by atoms with Crippen LogP contribution >= 0.6 is 0 Å². The SMILES string of the molecule is c1ccc(OCCc2nncn2C2CC2)cc1. The highest BCUT2D eigenvalue weighted by atomic mass is 16.5. The van der Waals surface area contributed by atoms with Crippen molar-refractivity contribution >= 4 is 0 Å². The molecule has 3 rings (SSSR count). The number of aromatic nitrogens is 3. The molecule has 0 N–H and O–H groups in total. The summed E-state index contributed by atoms with van der Waals surface area (Å²) in [6, 6.07) is 10.5. The summed E-state index contributed by atoms with van der Waals surface area (Å²) in [6.45, 7) is 0.648. The molecule has 0 aliphatic heterocycles. The Bertz CT molecular complexity index is 476. The zero-order valence-electron chi connectivity index (χ0n) is 9.62. The summed E-state index contributed by atoms with van der Waals surface area (Å²) in [5.74, 6) is 1.94. The molecule has 0 bridgehead atoms. The Hall–Kier alpha value is -1.84. The summed E-state index contributed by atoms with van der Waals surface area (Å²) in [5.41, 5.74) is 0. The van der Waals surface area contributed by atoms with Crippen LogP contribution in [-0.2, 0) is 6.42 Å². The Morgan fingerprint density at radius 3 is 2.82 bits per heavy atom. The Labute approximate surface area is 100 Å². The van der Waals surface area contributed by atoms with Gasteiger partial charge < -0.3 is 9.30 Å². The van der Waals surface area contributed by atoms with Gasteiger partial charge in [-0.15, -0.1) is 10.2 Å². The molecule has 88 valence electrons. The Kier molecular flexibility index (Phi) is 2.78. The average molecular weight is 229 g/mol. The van der Waals surface area contributed by atoms with Crippen molar-refractivity contribution in [2.75, 3.05) is 6.61 Å². The molecule has 0 amide bonds. The van der Waals surface area contributed by atoms with Gasteiger partial charge in [0.1, 0.15) is 17.9 Å². The molecule has 0 spiro atoms. The molecule has 1 heterocycles. The van der Waals surface area contributed by atoms with E-state index in [2.05, 4.69) is 14.8 Å². The molecule has 17 heavy (non-hydrogen) atoms. The number of benzene rings is 1. The third-order valence-corrected chi connectivity index (χ3v) is 2.93. The maximum atomic E-state index is 5.65. The van der Waals surface area contributed by atoms with Gasteiger partial charge >= 0.3 is 0 Å². The maximum absolute atomic E-state index is 5.65. The Balaban J connectivity index is 1.55. The van der Waals surface area contributed by atoms with Crippen LogP contribution in [0.2, 0.25) is 0 Å². The third-order valence-electron chi connectivity index (χ3n) is 2.93. The van der Waals surface area contributed by atoms with Crippen molar-refractivity contribution in [3.63, 3.8) is 0 Å². The number of hydrogen-bond donors (Lipinski definition) is 0. The molecular weight excluding hydrogens is 214 g/mol. The van der Waals surface area contributed by atoms with Crippen LogP contribution in [0.25, 0.3) is 0 Å². The zero-order chi connectivity index (χ0) is 11.5. The summed E-state index contributed by atoms with van der Waals surface area (Å²) < 4.78 is 7.83. The maximum Gasteiger partial charge on any atom is 0.136 e. The normalized spacial score (nSPS) is 14.8. The van der Waals surface area contributed by atoms with E-state index in [0.29, 0.717) is 12.6 Å². The first-order valence-corrected chi connectivity index (χ1v) is 6.00. The first-order chi connectivity index (χ1) is 8.43. The van der Waals surface area contributed by atoms with Gasteiger partial charge in [-0.05, 0) is 25.0 Å². The van der Waals surface area contributed by atoms with Gasteiger partial charge in [0.15, 0.2) is 0 Å². The molecule has 0 atom stereocenters. The fourth-order valence-corrected chi connectivity index (χ4v) is 1.88. The lowest BCUT2D eigenvalue weighted by Crippen LogP contribution is -2.07. The minimum absolute atomic E-state index is 0.636. The topological polar surface area (TPSA) is 39.9 Å². The van der Waals surface area contributed by atoms with Crippen LogP contribution in [0.4, 0.5) is 0 Å². The van der Waals surface area contributed by atoms with Crippen molar-refractivity contribution < 1.29 is 4.74 Å². The highest BCUT2D eigenvalue weighted by Crippen LogP contribution is 2.35. The molecule has 2 aromatic rings. The predicted molar refractivity (Wildman–Crippen MR) is 63.9 cm³/mol. The van der Waals surface area contributed by atoms with Crippen LogP contribution in [0.15, 0.2) is 36.7 Å². The third kappa shape index (κ3) is 2.46. The van der Waals surface area contributed by atoms with Crippen molar-refractivity contribution in [1.82, 2.24) is 14.8 Å².